The van der Waals surface area contributed by atoms with Crippen molar-refractivity contribution in [1.82, 2.24) is 4.90 Å². The summed E-state index contributed by atoms with van der Waals surface area (Å²) >= 11 is 6.23. The van der Waals surface area contributed by atoms with Gasteiger partial charge >= 0.3 is 6.36 Å². The number of rotatable bonds is 10. The van der Waals surface area contributed by atoms with Gasteiger partial charge in [-0.15, -0.1) is 13.2 Å². The number of hydrogen-bond acceptors (Lipinski definition) is 3. The molecule has 1 aliphatic rings. The van der Waals surface area contributed by atoms with Crippen molar-refractivity contribution >= 4 is 23.2 Å². The molecule has 196 valence electrons. The Hall–Kier alpha value is -3.19. The molecule has 0 unspecified atom stereocenters. The molecule has 37 heavy (non-hydrogen) atoms. The first kappa shape index (κ1) is 26.9. The van der Waals surface area contributed by atoms with Gasteiger partial charge in [0.15, 0.2) is 0 Å². The van der Waals surface area contributed by atoms with Crippen molar-refractivity contribution in [2.75, 3.05) is 18.4 Å². The largest absolute Gasteiger partial charge is 0.573 e. The lowest BCUT2D eigenvalue weighted by Gasteiger charge is -2.27. The molecule has 4 rings (SSSR count). The van der Waals surface area contributed by atoms with Gasteiger partial charge in [0.2, 0.25) is 0 Å². The SMILES string of the molecule is CCNc1ccc(Cl)cc1C(=O)N(CCc1cccc(OC(F)(F)F)c1)Cc1ccc(C2CCC2)cc1. The fraction of sp³-hybridized carbons (Fsp3) is 0.345. The number of carbonyl (C=O) groups excluding carboxylic acids is 1. The van der Waals surface area contributed by atoms with E-state index in [4.69, 9.17) is 11.6 Å². The molecule has 0 spiro atoms. The summed E-state index contributed by atoms with van der Waals surface area (Å²) in [7, 11) is 0. The van der Waals surface area contributed by atoms with Crippen molar-refractivity contribution in [2.45, 2.75) is 51.4 Å². The summed E-state index contributed by atoms with van der Waals surface area (Å²) < 4.78 is 42.1. The smallest absolute Gasteiger partial charge is 0.406 e. The zero-order chi connectivity index (χ0) is 26.4. The van der Waals surface area contributed by atoms with Gasteiger partial charge in [-0.25, -0.2) is 0 Å². The molecule has 1 amide bonds. The predicted molar refractivity (Wildman–Crippen MR) is 140 cm³/mol. The normalized spacial score (nSPS) is 13.6. The van der Waals surface area contributed by atoms with Crippen LogP contribution >= 0.6 is 11.6 Å². The first-order valence-electron chi connectivity index (χ1n) is 12.5. The number of anilines is 1. The van der Waals surface area contributed by atoms with Crippen molar-refractivity contribution in [3.63, 3.8) is 0 Å². The maximum atomic E-state index is 13.8. The summed E-state index contributed by atoms with van der Waals surface area (Å²) in [4.78, 5) is 15.5. The Kier molecular flexibility index (Phi) is 8.64. The number of amides is 1. The zero-order valence-electron chi connectivity index (χ0n) is 20.7. The summed E-state index contributed by atoms with van der Waals surface area (Å²) in [5.41, 5.74) is 4.08. The van der Waals surface area contributed by atoms with Crippen LogP contribution in [0.15, 0.2) is 66.7 Å². The Labute approximate surface area is 220 Å². The molecule has 0 heterocycles. The van der Waals surface area contributed by atoms with Crippen LogP contribution in [0.1, 0.15) is 59.2 Å². The van der Waals surface area contributed by atoms with Crippen LogP contribution in [0.3, 0.4) is 0 Å². The van der Waals surface area contributed by atoms with Gasteiger partial charge in [-0.3, -0.25) is 4.79 Å². The van der Waals surface area contributed by atoms with E-state index in [2.05, 4.69) is 34.3 Å². The Morgan fingerprint density at radius 3 is 2.46 bits per heavy atom. The van der Waals surface area contributed by atoms with Crippen molar-refractivity contribution in [3.8, 4) is 5.75 Å². The number of nitrogens with zero attached hydrogens (tertiary/aromatic N) is 1. The number of alkyl halides is 3. The van der Waals surface area contributed by atoms with Crippen LogP contribution in [-0.4, -0.2) is 30.3 Å². The van der Waals surface area contributed by atoms with Crippen molar-refractivity contribution < 1.29 is 22.7 Å². The minimum Gasteiger partial charge on any atom is -0.406 e. The van der Waals surface area contributed by atoms with Gasteiger partial charge in [0.25, 0.3) is 5.91 Å². The molecule has 3 aromatic rings. The molecule has 1 fully saturated rings. The third-order valence-corrected chi connectivity index (χ3v) is 6.83. The number of benzene rings is 3. The maximum Gasteiger partial charge on any atom is 0.573 e. The van der Waals surface area contributed by atoms with E-state index in [1.807, 2.05) is 6.92 Å². The van der Waals surface area contributed by atoms with Gasteiger partial charge in [0.1, 0.15) is 5.75 Å². The quantitative estimate of drug-likeness (QED) is 0.290. The highest BCUT2D eigenvalue weighted by Gasteiger charge is 2.31. The Morgan fingerprint density at radius 1 is 1.05 bits per heavy atom. The predicted octanol–water partition coefficient (Wildman–Crippen LogP) is 7.82. The second kappa shape index (κ2) is 11.9. The standard InChI is InChI=1S/C29H30ClF3N2O2/c1-2-34-27-14-13-24(30)18-26(27)28(36)35(19-21-9-11-23(12-10-21)22-6-4-7-22)16-15-20-5-3-8-25(17-20)37-29(31,32)33/h3,5,8-14,17-18,22,34H,2,4,6-7,15-16,19H2,1H3. The van der Waals surface area contributed by atoms with Gasteiger partial charge in [0, 0.05) is 30.3 Å². The highest BCUT2D eigenvalue weighted by molar-refractivity contribution is 6.31. The number of nitrogens with one attached hydrogen (secondary N) is 1. The van der Waals surface area contributed by atoms with E-state index in [0.29, 0.717) is 53.8 Å². The van der Waals surface area contributed by atoms with E-state index >= 15 is 0 Å². The van der Waals surface area contributed by atoms with Crippen LogP contribution in [0.4, 0.5) is 18.9 Å². The van der Waals surface area contributed by atoms with E-state index < -0.39 is 6.36 Å². The molecule has 0 saturated heterocycles. The molecular weight excluding hydrogens is 501 g/mol. The van der Waals surface area contributed by atoms with Gasteiger partial charge in [-0.1, -0.05) is 54.4 Å². The van der Waals surface area contributed by atoms with Gasteiger partial charge in [-0.05, 0) is 79.1 Å². The molecular formula is C29H30ClF3N2O2. The van der Waals surface area contributed by atoms with E-state index in [-0.39, 0.29) is 11.7 Å². The van der Waals surface area contributed by atoms with Crippen LogP contribution in [0.25, 0.3) is 0 Å². The highest BCUT2D eigenvalue weighted by Crippen LogP contribution is 2.36. The van der Waals surface area contributed by atoms with Crippen LogP contribution < -0.4 is 10.1 Å². The Balaban J connectivity index is 1.56. The second-order valence-electron chi connectivity index (χ2n) is 9.26. The number of hydrogen-bond donors (Lipinski definition) is 1. The molecule has 0 aliphatic heterocycles. The molecule has 0 bridgehead atoms. The number of carbonyl (C=O) groups is 1. The topological polar surface area (TPSA) is 41.6 Å². The van der Waals surface area contributed by atoms with Crippen molar-refractivity contribution in [3.05, 3.63) is 94.0 Å². The van der Waals surface area contributed by atoms with Crippen LogP contribution in [0.2, 0.25) is 5.02 Å². The molecule has 3 aromatic carbocycles. The average Bonchev–Trinajstić information content (AvgIpc) is 2.82. The van der Waals surface area contributed by atoms with E-state index in [9.17, 15) is 18.0 Å². The summed E-state index contributed by atoms with van der Waals surface area (Å²) in [6.45, 7) is 3.24. The second-order valence-corrected chi connectivity index (χ2v) is 9.70. The van der Waals surface area contributed by atoms with Crippen LogP contribution in [0, 0.1) is 0 Å². The Morgan fingerprint density at radius 2 is 1.81 bits per heavy atom. The van der Waals surface area contributed by atoms with Crippen LogP contribution in [0.5, 0.6) is 5.75 Å². The molecule has 0 atom stereocenters. The summed E-state index contributed by atoms with van der Waals surface area (Å²) in [5, 5.41) is 3.66. The maximum absolute atomic E-state index is 13.8. The van der Waals surface area contributed by atoms with Gasteiger partial charge < -0.3 is 15.0 Å². The molecule has 4 nitrogen and oxygen atoms in total. The molecule has 8 heteroatoms. The average molecular weight is 531 g/mol. The summed E-state index contributed by atoms with van der Waals surface area (Å²) in [6.07, 6.45) is -0.719. The third kappa shape index (κ3) is 7.41. The highest BCUT2D eigenvalue weighted by atomic mass is 35.5. The molecule has 0 aromatic heterocycles. The monoisotopic (exact) mass is 530 g/mol. The van der Waals surface area contributed by atoms with E-state index in [1.54, 1.807) is 29.2 Å². The Bertz CT molecular complexity index is 1210. The fourth-order valence-electron chi connectivity index (χ4n) is 4.48. The third-order valence-electron chi connectivity index (χ3n) is 6.60. The lowest BCUT2D eigenvalue weighted by atomic mass is 9.80. The van der Waals surface area contributed by atoms with Gasteiger partial charge in [0.05, 0.1) is 5.56 Å². The zero-order valence-corrected chi connectivity index (χ0v) is 21.4. The molecule has 1 saturated carbocycles. The minimum absolute atomic E-state index is 0.204. The summed E-state index contributed by atoms with van der Waals surface area (Å²) in [6, 6.07) is 19.4. The minimum atomic E-state index is -4.76. The lowest BCUT2D eigenvalue weighted by Crippen LogP contribution is -2.33. The van der Waals surface area contributed by atoms with Crippen molar-refractivity contribution in [2.24, 2.45) is 0 Å². The van der Waals surface area contributed by atoms with Gasteiger partial charge in [-0.2, -0.15) is 0 Å². The van der Waals surface area contributed by atoms with E-state index in [0.717, 1.165) is 5.56 Å². The lowest BCUT2D eigenvalue weighted by molar-refractivity contribution is -0.274. The molecule has 1 aliphatic carbocycles. The summed E-state index contributed by atoms with van der Waals surface area (Å²) in [5.74, 6) is 0.134. The molecule has 0 radical (unpaired) electrons. The first-order chi connectivity index (χ1) is 17.7. The van der Waals surface area contributed by atoms with Crippen molar-refractivity contribution in [1.29, 1.82) is 0 Å². The number of ether oxygens (including phenoxy) is 1. The first-order valence-corrected chi connectivity index (χ1v) is 12.9. The molecule has 1 N–H and O–H groups in total. The fourth-order valence-corrected chi connectivity index (χ4v) is 4.65. The van der Waals surface area contributed by atoms with E-state index in [1.165, 1.54) is 43.0 Å². The van der Waals surface area contributed by atoms with Crippen LogP contribution in [-0.2, 0) is 13.0 Å². The number of halogens is 4.